The van der Waals surface area contributed by atoms with Crippen molar-refractivity contribution in [3.63, 3.8) is 0 Å². The number of carbonyl (C=O) groups excluding carboxylic acids is 11. The van der Waals surface area contributed by atoms with Gasteiger partial charge in [-0.15, -0.1) is 23.2 Å². The number of anilines is 9. The number of carbonyl (C=O) groups is 11. The summed E-state index contributed by atoms with van der Waals surface area (Å²) in [6.45, 7) is 2.85. The Morgan fingerprint density at radius 1 is 0.352 bits per heavy atom. The Hall–Kier alpha value is -12.3. The fourth-order valence-electron chi connectivity index (χ4n) is 11.4. The highest BCUT2D eigenvalue weighted by Gasteiger charge is 2.26. The van der Waals surface area contributed by atoms with Crippen LogP contribution in [0.2, 0.25) is 0 Å². The van der Waals surface area contributed by atoms with Crippen molar-refractivity contribution >= 4 is 140 Å². The average molecular weight is 1530 g/mol. The molecule has 8 heterocycles. The quantitative estimate of drug-likeness (QED) is 0.0180. The normalized spacial score (nSPS) is 11.1. The highest BCUT2D eigenvalue weighted by Crippen LogP contribution is 2.24. The Balaban J connectivity index is 0.663. The van der Waals surface area contributed by atoms with Gasteiger partial charge in [0, 0.05) is 175 Å². The van der Waals surface area contributed by atoms with Crippen LogP contribution in [0.3, 0.4) is 0 Å². The molecule has 8 aromatic heterocycles. The van der Waals surface area contributed by atoms with Gasteiger partial charge < -0.3 is 105 Å². The third-order valence-corrected chi connectivity index (χ3v) is 17.1. The Kier molecular flexibility index (Phi) is 27.0. The van der Waals surface area contributed by atoms with Gasteiger partial charge in [-0.05, 0) is 88.3 Å². The summed E-state index contributed by atoms with van der Waals surface area (Å²) in [5.74, 6) is -4.34. The van der Waals surface area contributed by atoms with Crippen LogP contribution in [0.25, 0.3) is 0 Å². The van der Waals surface area contributed by atoms with Gasteiger partial charge >= 0.3 is 0 Å². The number of aryl methyl sites for hydroxylation is 9. The average Bonchev–Trinajstić information content (AvgIpc) is 1.23. The molecule has 11 amide bonds. The van der Waals surface area contributed by atoms with Crippen molar-refractivity contribution in [2.75, 3.05) is 113 Å². The monoisotopic (exact) mass is 1520 g/mol. The van der Waals surface area contributed by atoms with Gasteiger partial charge in [0.15, 0.2) is 23.3 Å². The van der Waals surface area contributed by atoms with Crippen LogP contribution in [0.5, 0.6) is 0 Å². The number of amides is 11. The van der Waals surface area contributed by atoms with Crippen LogP contribution >= 0.6 is 23.2 Å². The molecule has 0 saturated carbocycles. The van der Waals surface area contributed by atoms with E-state index in [0.29, 0.717) is 62.0 Å². The van der Waals surface area contributed by atoms with Gasteiger partial charge in [0.1, 0.15) is 22.8 Å². The lowest BCUT2D eigenvalue weighted by Gasteiger charge is -2.23. The molecule has 0 fully saturated rings. The number of benzene rings is 1. The van der Waals surface area contributed by atoms with E-state index in [1.54, 1.807) is 62.6 Å². The van der Waals surface area contributed by atoms with Crippen LogP contribution in [0.4, 0.5) is 51.7 Å². The number of rotatable bonds is 36. The minimum atomic E-state index is -0.653. The molecular weight excluding hydrogens is 1440 g/mol. The van der Waals surface area contributed by atoms with Gasteiger partial charge in [-0.3, -0.25) is 52.7 Å². The van der Waals surface area contributed by atoms with Gasteiger partial charge in [0.2, 0.25) is 41.0 Å². The number of imidazole rings is 4. The summed E-state index contributed by atoms with van der Waals surface area (Å²) in [7, 11) is 16.6. The van der Waals surface area contributed by atoms with Crippen LogP contribution in [-0.4, -0.2) is 191 Å². The van der Waals surface area contributed by atoms with E-state index in [9.17, 15) is 52.7 Å². The van der Waals surface area contributed by atoms with Gasteiger partial charge in [-0.1, -0.05) is 12.1 Å². The summed E-state index contributed by atoms with van der Waals surface area (Å²) >= 11 is 11.9. The second-order valence-corrected chi connectivity index (χ2v) is 26.5. The maximum absolute atomic E-state index is 13.6. The molecule has 572 valence electrons. The molecule has 0 unspecified atom stereocenters. The first-order valence-electron chi connectivity index (χ1n) is 34.2. The fraction of sp³-hybridized carbons (Fsp3) is 0.357. The maximum Gasteiger partial charge on any atom is 0.292 e. The summed E-state index contributed by atoms with van der Waals surface area (Å²) < 4.78 is 11.7. The number of hydrogen-bond donors (Lipinski definition) is 11. The van der Waals surface area contributed by atoms with Crippen LogP contribution in [-0.2, 0) is 77.2 Å². The SMILES string of the molecule is CN(C)CCCNC(=O)c1nc(NC(=O)c2nc(NC(=O)c3cc(NC(=O)c4nc(NC(=O)CCCNC(=O)c5cc(NC(=O)c6nc(NC(=O)c7cc(NC(=O)c8cc(NC(=O)CCNC(=O)CCCc9ccc(N(CCCl)CCCl)cc9)cn8C)cn7C)cn6C)cn5C)cn4C)cn3C)cn2C)cn1C. The van der Waals surface area contributed by atoms with Crippen molar-refractivity contribution in [1.82, 2.24) is 77.3 Å². The predicted octanol–water partition coefficient (Wildman–Crippen LogP) is 5.07. The van der Waals surface area contributed by atoms with Crippen molar-refractivity contribution < 1.29 is 52.7 Å². The molecule has 0 saturated heterocycles. The van der Waals surface area contributed by atoms with Crippen LogP contribution in [0.1, 0.15) is 129 Å². The Labute approximate surface area is 630 Å². The summed E-state index contributed by atoms with van der Waals surface area (Å²) in [5, 5.41) is 30.0. The third-order valence-electron chi connectivity index (χ3n) is 16.8. The molecule has 1 aromatic carbocycles. The van der Waals surface area contributed by atoms with E-state index in [0.717, 1.165) is 24.2 Å². The molecule has 0 aliphatic carbocycles. The van der Waals surface area contributed by atoms with E-state index in [2.05, 4.69) is 83.3 Å². The highest BCUT2D eigenvalue weighted by molar-refractivity contribution is 6.19. The van der Waals surface area contributed by atoms with Gasteiger partial charge in [0.25, 0.3) is 47.3 Å². The fourth-order valence-corrected chi connectivity index (χ4v) is 11.8. The van der Waals surface area contributed by atoms with E-state index < -0.39 is 53.2 Å². The van der Waals surface area contributed by atoms with Crippen LogP contribution in [0.15, 0.2) is 98.1 Å². The molecule has 0 spiro atoms. The maximum atomic E-state index is 13.6. The summed E-state index contributed by atoms with van der Waals surface area (Å²) in [6, 6.07) is 13.9. The van der Waals surface area contributed by atoms with Gasteiger partial charge in [-0.2, -0.15) is 0 Å². The molecule has 9 aromatic rings. The van der Waals surface area contributed by atoms with Crippen molar-refractivity contribution in [2.24, 2.45) is 56.4 Å². The molecule has 9 rings (SSSR count). The molecule has 0 radical (unpaired) electrons. The molecule has 0 bridgehead atoms. The summed E-state index contributed by atoms with van der Waals surface area (Å²) in [6.07, 6.45) is 14.5. The van der Waals surface area contributed by atoms with Crippen molar-refractivity contribution in [1.29, 1.82) is 0 Å². The first-order valence-corrected chi connectivity index (χ1v) is 35.3. The lowest BCUT2D eigenvalue weighted by Crippen LogP contribution is -2.29. The van der Waals surface area contributed by atoms with E-state index in [4.69, 9.17) is 23.2 Å². The third kappa shape index (κ3) is 21.5. The molecule has 0 atom stereocenters. The van der Waals surface area contributed by atoms with Crippen molar-refractivity contribution in [2.45, 2.75) is 44.9 Å². The summed E-state index contributed by atoms with van der Waals surface area (Å²) in [4.78, 5) is 166. The summed E-state index contributed by atoms with van der Waals surface area (Å²) in [5.41, 5.74) is 3.96. The first-order chi connectivity index (χ1) is 51.5. The van der Waals surface area contributed by atoms with Gasteiger partial charge in [-0.25, -0.2) is 19.9 Å². The number of halogens is 2. The van der Waals surface area contributed by atoms with Crippen molar-refractivity contribution in [3.8, 4) is 0 Å². The second-order valence-electron chi connectivity index (χ2n) is 25.7. The Bertz CT molecular complexity index is 4810. The molecular formula is C70H87Cl2N25O11. The van der Waals surface area contributed by atoms with E-state index >= 15 is 0 Å². The standard InChI is InChI=1S/C70H87Cl2N25O11/c1-88(2)27-13-25-75-67(105)59-82-55(41-93(59)7)87-70(108)62-84-54(40-96(62)10)86-66(104)51-33-46(37-92(51)6)79-68(106)60-81-52(38-94(60)8)80-57(99)16-12-24-74-63(101)48-31-45(36-89(48)3)78-69(107)61-83-53(39-95(61)9)85-65(103)50-32-44(35-91(50)5)77-64(102)49-30-43(34-90(49)4)76-58(100)21-26-73-56(98)15-11-14-42-17-19-47(20-18-42)97(28-22-71)29-23-72/h17-20,30-41H,11-16,21-29H2,1-10H3,(H,73,98)(H,74,101)(H,75,105)(H,76,100)(H,77,102)(H,78,107)(H,79,106)(H,80,99)(H,85,103)(H,86,104)(H,87,108). The number of alkyl halides is 2. The molecule has 0 aliphatic rings. The number of hydrogen-bond acceptors (Lipinski definition) is 17. The molecule has 11 N–H and O–H groups in total. The van der Waals surface area contributed by atoms with Crippen LogP contribution in [0, 0.1) is 0 Å². The lowest BCUT2D eigenvalue weighted by molar-refractivity contribution is -0.121. The number of nitrogens with one attached hydrogen (secondary N) is 11. The van der Waals surface area contributed by atoms with Crippen molar-refractivity contribution in [3.05, 3.63) is 150 Å². The molecule has 38 heteroatoms. The minimum absolute atomic E-state index is 0.00854. The predicted molar refractivity (Wildman–Crippen MR) is 407 cm³/mol. The zero-order chi connectivity index (χ0) is 78.0. The van der Waals surface area contributed by atoms with E-state index in [1.807, 2.05) is 43.3 Å². The smallest absolute Gasteiger partial charge is 0.292 e. The number of aromatic nitrogens is 12. The zero-order valence-corrected chi connectivity index (χ0v) is 62.9. The Morgan fingerprint density at radius 3 is 1.17 bits per heavy atom. The van der Waals surface area contributed by atoms with E-state index in [1.165, 1.54) is 104 Å². The lowest BCUT2D eigenvalue weighted by atomic mass is 10.1. The topological polar surface area (TPSA) is 418 Å². The van der Waals surface area contributed by atoms with E-state index in [-0.39, 0.29) is 125 Å². The second kappa shape index (κ2) is 36.6. The minimum Gasteiger partial charge on any atom is -0.369 e. The number of nitrogens with zero attached hydrogens (tertiary/aromatic N) is 14. The first kappa shape index (κ1) is 79.8. The molecule has 36 nitrogen and oxygen atoms in total. The van der Waals surface area contributed by atoms with Gasteiger partial charge in [0.05, 0.1) is 22.7 Å². The zero-order valence-electron chi connectivity index (χ0n) is 61.4. The highest BCUT2D eigenvalue weighted by atomic mass is 35.5. The van der Waals surface area contributed by atoms with Crippen LogP contribution < -0.4 is 63.4 Å². The molecule has 0 aliphatic heterocycles. The Morgan fingerprint density at radius 2 is 0.713 bits per heavy atom. The largest absolute Gasteiger partial charge is 0.369 e. The molecule has 108 heavy (non-hydrogen) atoms.